The van der Waals surface area contributed by atoms with E-state index in [0.29, 0.717) is 12.8 Å². The van der Waals surface area contributed by atoms with Crippen LogP contribution < -0.4 is 11.1 Å². The van der Waals surface area contributed by atoms with Gasteiger partial charge in [-0.05, 0) is 37.5 Å². The maximum atomic E-state index is 12.1. The average molecular weight is 313 g/mol. The lowest BCUT2D eigenvalue weighted by Gasteiger charge is -2.27. The van der Waals surface area contributed by atoms with Crippen LogP contribution in [0.15, 0.2) is 28.7 Å². The first-order valence-electron chi connectivity index (χ1n) is 6.28. The van der Waals surface area contributed by atoms with Gasteiger partial charge < -0.3 is 11.1 Å². The standard InChI is InChI=1S/C14H21BrN2O/c1-4-14(16,5-2)13(18)17-10(3)11-6-8-12(15)9-7-11/h6-10H,4-5,16H2,1-3H3,(H,17,18). The summed E-state index contributed by atoms with van der Waals surface area (Å²) in [5.41, 5.74) is 6.38. The highest BCUT2D eigenvalue weighted by Crippen LogP contribution is 2.18. The van der Waals surface area contributed by atoms with Gasteiger partial charge in [-0.1, -0.05) is 41.9 Å². The maximum absolute atomic E-state index is 12.1. The molecule has 0 aromatic heterocycles. The van der Waals surface area contributed by atoms with Crippen molar-refractivity contribution in [2.75, 3.05) is 0 Å². The maximum Gasteiger partial charge on any atom is 0.240 e. The number of carbonyl (C=O) groups is 1. The number of rotatable bonds is 5. The van der Waals surface area contributed by atoms with E-state index in [9.17, 15) is 4.79 Å². The smallest absolute Gasteiger partial charge is 0.240 e. The minimum atomic E-state index is -0.760. The van der Waals surface area contributed by atoms with Gasteiger partial charge in [-0.3, -0.25) is 4.79 Å². The molecule has 0 bridgehead atoms. The van der Waals surface area contributed by atoms with Gasteiger partial charge in [-0.25, -0.2) is 0 Å². The van der Waals surface area contributed by atoms with Gasteiger partial charge in [0, 0.05) is 4.47 Å². The molecule has 0 heterocycles. The number of nitrogens with one attached hydrogen (secondary N) is 1. The quantitative estimate of drug-likeness (QED) is 0.877. The molecule has 0 saturated heterocycles. The zero-order valence-electron chi connectivity index (χ0n) is 11.2. The number of nitrogens with two attached hydrogens (primary N) is 1. The summed E-state index contributed by atoms with van der Waals surface area (Å²) in [5, 5.41) is 2.98. The Morgan fingerprint density at radius 1 is 1.33 bits per heavy atom. The molecule has 0 spiro atoms. The van der Waals surface area contributed by atoms with Crippen LogP contribution in [0.5, 0.6) is 0 Å². The zero-order chi connectivity index (χ0) is 13.8. The van der Waals surface area contributed by atoms with E-state index in [-0.39, 0.29) is 11.9 Å². The highest BCUT2D eigenvalue weighted by molar-refractivity contribution is 9.10. The molecule has 3 N–H and O–H groups in total. The Bertz CT molecular complexity index is 399. The van der Waals surface area contributed by atoms with E-state index in [1.54, 1.807) is 0 Å². The number of hydrogen-bond acceptors (Lipinski definition) is 2. The van der Waals surface area contributed by atoms with E-state index in [2.05, 4.69) is 21.2 Å². The molecule has 0 aliphatic carbocycles. The highest BCUT2D eigenvalue weighted by Gasteiger charge is 2.30. The average Bonchev–Trinajstić information content (AvgIpc) is 2.38. The van der Waals surface area contributed by atoms with Gasteiger partial charge in [0.05, 0.1) is 11.6 Å². The van der Waals surface area contributed by atoms with Crippen LogP contribution in [0.1, 0.15) is 45.2 Å². The Morgan fingerprint density at radius 2 is 1.83 bits per heavy atom. The molecular formula is C14H21BrN2O. The van der Waals surface area contributed by atoms with Gasteiger partial charge in [-0.15, -0.1) is 0 Å². The molecule has 0 fully saturated rings. The lowest BCUT2D eigenvalue weighted by molar-refractivity contribution is -0.127. The van der Waals surface area contributed by atoms with Crippen LogP contribution in [0.3, 0.4) is 0 Å². The number of amides is 1. The summed E-state index contributed by atoms with van der Waals surface area (Å²) in [4.78, 5) is 12.1. The van der Waals surface area contributed by atoms with E-state index in [1.807, 2.05) is 45.0 Å². The van der Waals surface area contributed by atoms with Crippen LogP contribution in [-0.2, 0) is 4.79 Å². The van der Waals surface area contributed by atoms with Crippen LogP contribution in [0.4, 0.5) is 0 Å². The summed E-state index contributed by atoms with van der Waals surface area (Å²) < 4.78 is 1.03. The molecule has 3 nitrogen and oxygen atoms in total. The minimum absolute atomic E-state index is 0.0355. The Kier molecular flexibility index (Phi) is 5.35. The van der Waals surface area contributed by atoms with Crippen LogP contribution in [0, 0.1) is 0 Å². The van der Waals surface area contributed by atoms with Gasteiger partial charge in [0.2, 0.25) is 5.91 Å². The molecule has 0 aliphatic rings. The summed E-state index contributed by atoms with van der Waals surface area (Å²) in [7, 11) is 0. The van der Waals surface area contributed by atoms with E-state index < -0.39 is 5.54 Å². The summed E-state index contributed by atoms with van der Waals surface area (Å²) in [5.74, 6) is -0.0806. The van der Waals surface area contributed by atoms with Crippen molar-refractivity contribution >= 4 is 21.8 Å². The fraction of sp³-hybridized carbons (Fsp3) is 0.500. The molecule has 1 rings (SSSR count). The first-order chi connectivity index (χ1) is 8.42. The van der Waals surface area contributed by atoms with Crippen molar-refractivity contribution in [3.63, 3.8) is 0 Å². The Balaban J connectivity index is 2.73. The molecule has 1 unspecified atom stereocenters. The molecule has 0 aliphatic heterocycles. The number of carbonyl (C=O) groups excluding carboxylic acids is 1. The molecule has 4 heteroatoms. The fourth-order valence-corrected chi connectivity index (χ4v) is 2.01. The molecule has 18 heavy (non-hydrogen) atoms. The van der Waals surface area contributed by atoms with Crippen LogP contribution >= 0.6 is 15.9 Å². The van der Waals surface area contributed by atoms with Crippen molar-refractivity contribution in [3.8, 4) is 0 Å². The van der Waals surface area contributed by atoms with Crippen LogP contribution in [0.25, 0.3) is 0 Å². The molecular weight excluding hydrogens is 292 g/mol. The number of halogens is 1. The summed E-state index contributed by atoms with van der Waals surface area (Å²) in [6.07, 6.45) is 1.28. The van der Waals surface area contributed by atoms with E-state index in [4.69, 9.17) is 5.73 Å². The third kappa shape index (κ3) is 3.56. The van der Waals surface area contributed by atoms with Crippen molar-refractivity contribution in [2.45, 2.75) is 45.2 Å². The van der Waals surface area contributed by atoms with E-state index in [1.165, 1.54) is 0 Å². The largest absolute Gasteiger partial charge is 0.348 e. The van der Waals surface area contributed by atoms with Gasteiger partial charge >= 0.3 is 0 Å². The topological polar surface area (TPSA) is 55.1 Å². The third-order valence-corrected chi connectivity index (χ3v) is 3.96. The number of benzene rings is 1. The molecule has 1 atom stereocenters. The van der Waals surface area contributed by atoms with Crippen molar-refractivity contribution in [1.29, 1.82) is 0 Å². The van der Waals surface area contributed by atoms with Crippen molar-refractivity contribution in [3.05, 3.63) is 34.3 Å². The first kappa shape index (κ1) is 15.2. The minimum Gasteiger partial charge on any atom is -0.348 e. The lowest BCUT2D eigenvalue weighted by Crippen LogP contribution is -2.53. The SMILES string of the molecule is CCC(N)(CC)C(=O)NC(C)c1ccc(Br)cc1. The summed E-state index contributed by atoms with van der Waals surface area (Å²) >= 11 is 3.39. The Morgan fingerprint density at radius 3 is 2.28 bits per heavy atom. The second-order valence-electron chi connectivity index (χ2n) is 4.61. The predicted octanol–water partition coefficient (Wildman–Crippen LogP) is 3.14. The highest BCUT2D eigenvalue weighted by atomic mass is 79.9. The Labute approximate surface area is 117 Å². The van der Waals surface area contributed by atoms with Gasteiger partial charge in [0.15, 0.2) is 0 Å². The summed E-state index contributed by atoms with van der Waals surface area (Å²) in [6, 6.07) is 7.88. The normalized spacial score (nSPS) is 13.2. The zero-order valence-corrected chi connectivity index (χ0v) is 12.8. The molecule has 100 valence electrons. The lowest BCUT2D eigenvalue weighted by atomic mass is 9.92. The fourth-order valence-electron chi connectivity index (χ4n) is 1.75. The van der Waals surface area contributed by atoms with Gasteiger partial charge in [0.1, 0.15) is 0 Å². The predicted molar refractivity (Wildman–Crippen MR) is 78.2 cm³/mol. The second-order valence-corrected chi connectivity index (χ2v) is 5.53. The van der Waals surface area contributed by atoms with E-state index in [0.717, 1.165) is 10.0 Å². The van der Waals surface area contributed by atoms with Crippen LogP contribution in [0.2, 0.25) is 0 Å². The van der Waals surface area contributed by atoms with Crippen molar-refractivity contribution < 1.29 is 4.79 Å². The van der Waals surface area contributed by atoms with Gasteiger partial charge in [0.25, 0.3) is 0 Å². The monoisotopic (exact) mass is 312 g/mol. The summed E-state index contributed by atoms with van der Waals surface area (Å²) in [6.45, 7) is 5.84. The van der Waals surface area contributed by atoms with Crippen molar-refractivity contribution in [2.24, 2.45) is 5.73 Å². The molecule has 1 amide bonds. The molecule has 1 aromatic rings. The first-order valence-corrected chi connectivity index (χ1v) is 7.07. The molecule has 1 aromatic carbocycles. The third-order valence-electron chi connectivity index (χ3n) is 3.43. The Hall–Kier alpha value is -0.870. The number of hydrogen-bond donors (Lipinski definition) is 2. The van der Waals surface area contributed by atoms with E-state index >= 15 is 0 Å². The van der Waals surface area contributed by atoms with Gasteiger partial charge in [-0.2, -0.15) is 0 Å². The molecule has 0 saturated carbocycles. The van der Waals surface area contributed by atoms with Crippen LogP contribution in [-0.4, -0.2) is 11.4 Å². The molecule has 0 radical (unpaired) electrons. The second kappa shape index (κ2) is 6.34. The van der Waals surface area contributed by atoms with Crippen molar-refractivity contribution in [1.82, 2.24) is 5.32 Å².